The second-order valence-corrected chi connectivity index (χ2v) is 5.37. The molecule has 0 amide bonds. The largest absolute Gasteiger partial charge is 0.421 e. The van der Waals surface area contributed by atoms with Gasteiger partial charge in [0.1, 0.15) is 17.2 Å². The second-order valence-electron chi connectivity index (χ2n) is 5.37. The van der Waals surface area contributed by atoms with Crippen molar-refractivity contribution < 1.29 is 17.6 Å². The first-order valence-electron chi connectivity index (χ1n) is 7.60. The van der Waals surface area contributed by atoms with Crippen LogP contribution in [0.2, 0.25) is 0 Å². The van der Waals surface area contributed by atoms with Gasteiger partial charge in [0.15, 0.2) is 0 Å². The molecule has 2 aromatic carbocycles. The highest BCUT2D eigenvalue weighted by Crippen LogP contribution is 2.35. The third kappa shape index (κ3) is 4.30. The number of para-hydroxylation sites is 1. The number of anilines is 4. The lowest BCUT2D eigenvalue weighted by Gasteiger charge is -2.15. The van der Waals surface area contributed by atoms with Crippen LogP contribution in [0.5, 0.6) is 0 Å². The van der Waals surface area contributed by atoms with Crippen LogP contribution in [0.4, 0.5) is 40.7 Å². The Kier molecular flexibility index (Phi) is 4.90. The van der Waals surface area contributed by atoms with Gasteiger partial charge in [0, 0.05) is 11.9 Å². The van der Waals surface area contributed by atoms with Gasteiger partial charge in [0.05, 0.1) is 17.3 Å². The molecule has 0 spiro atoms. The molecule has 0 bridgehead atoms. The van der Waals surface area contributed by atoms with Crippen LogP contribution in [0.25, 0.3) is 0 Å². The molecule has 9 heteroatoms. The van der Waals surface area contributed by atoms with Crippen LogP contribution < -0.4 is 10.6 Å². The van der Waals surface area contributed by atoms with Gasteiger partial charge in [-0.2, -0.15) is 23.4 Å². The number of hydrogen-bond donors (Lipinski definition) is 2. The van der Waals surface area contributed by atoms with Gasteiger partial charge in [-0.3, -0.25) is 0 Å². The molecule has 3 rings (SSSR count). The van der Waals surface area contributed by atoms with Crippen molar-refractivity contribution in [1.29, 1.82) is 5.26 Å². The minimum absolute atomic E-state index is 0.119. The molecule has 5 nitrogen and oxygen atoms in total. The van der Waals surface area contributed by atoms with Crippen molar-refractivity contribution in [3.8, 4) is 6.07 Å². The Morgan fingerprint density at radius 1 is 0.963 bits per heavy atom. The van der Waals surface area contributed by atoms with E-state index in [9.17, 15) is 17.6 Å². The molecular formula is C18H11F4N5. The summed E-state index contributed by atoms with van der Waals surface area (Å²) in [5.74, 6) is -1.42. The summed E-state index contributed by atoms with van der Waals surface area (Å²) >= 11 is 0. The maximum absolute atomic E-state index is 13.8. The molecule has 0 unspecified atom stereocenters. The summed E-state index contributed by atoms with van der Waals surface area (Å²) in [6.45, 7) is 0. The quantitative estimate of drug-likeness (QED) is 0.630. The lowest BCUT2D eigenvalue weighted by Crippen LogP contribution is -2.13. The van der Waals surface area contributed by atoms with Crippen LogP contribution in [-0.2, 0) is 6.18 Å². The zero-order valence-corrected chi connectivity index (χ0v) is 13.5. The van der Waals surface area contributed by atoms with Crippen LogP contribution in [0, 0.1) is 17.1 Å². The Balaban J connectivity index is 1.95. The van der Waals surface area contributed by atoms with Gasteiger partial charge in [0.2, 0.25) is 5.95 Å². The second kappa shape index (κ2) is 7.29. The van der Waals surface area contributed by atoms with Crippen molar-refractivity contribution in [3.05, 3.63) is 71.7 Å². The zero-order chi connectivity index (χ0) is 19.4. The smallest absolute Gasteiger partial charge is 0.337 e. The first-order valence-corrected chi connectivity index (χ1v) is 7.60. The van der Waals surface area contributed by atoms with E-state index in [1.807, 2.05) is 6.07 Å². The number of nitriles is 1. The van der Waals surface area contributed by atoms with Crippen molar-refractivity contribution in [2.75, 3.05) is 10.6 Å². The molecule has 0 saturated carbocycles. The summed E-state index contributed by atoms with van der Waals surface area (Å²) in [4.78, 5) is 7.50. The van der Waals surface area contributed by atoms with Crippen LogP contribution in [-0.4, -0.2) is 9.97 Å². The summed E-state index contributed by atoms with van der Waals surface area (Å²) in [6.07, 6.45) is -4.11. The van der Waals surface area contributed by atoms with Gasteiger partial charge in [0.25, 0.3) is 0 Å². The number of aromatic nitrogens is 2. The minimum Gasteiger partial charge on any atom is -0.337 e. The molecule has 27 heavy (non-hydrogen) atoms. The zero-order valence-electron chi connectivity index (χ0n) is 13.5. The molecule has 0 aliphatic carbocycles. The van der Waals surface area contributed by atoms with E-state index in [4.69, 9.17) is 5.26 Å². The van der Waals surface area contributed by atoms with E-state index in [0.717, 1.165) is 6.07 Å². The van der Waals surface area contributed by atoms with Gasteiger partial charge in [-0.05, 0) is 36.4 Å². The number of nitrogens with zero attached hydrogens (tertiary/aromatic N) is 3. The Labute approximate surface area is 151 Å². The summed E-state index contributed by atoms with van der Waals surface area (Å²) in [6, 6.07) is 13.5. The topological polar surface area (TPSA) is 73.6 Å². The molecule has 0 atom stereocenters. The maximum Gasteiger partial charge on any atom is 0.421 e. The van der Waals surface area contributed by atoms with Crippen LogP contribution in [0.3, 0.4) is 0 Å². The van der Waals surface area contributed by atoms with Crippen molar-refractivity contribution >= 4 is 23.1 Å². The van der Waals surface area contributed by atoms with Crippen molar-refractivity contribution in [3.63, 3.8) is 0 Å². The molecule has 136 valence electrons. The highest BCUT2D eigenvalue weighted by Gasteiger charge is 2.35. The monoisotopic (exact) mass is 373 g/mol. The molecule has 0 fully saturated rings. The molecule has 0 radical (unpaired) electrons. The molecule has 0 aliphatic heterocycles. The molecule has 2 N–H and O–H groups in total. The molecule has 3 aromatic rings. The third-order valence-corrected chi connectivity index (χ3v) is 3.49. The normalized spacial score (nSPS) is 10.9. The van der Waals surface area contributed by atoms with Gasteiger partial charge in [-0.15, -0.1) is 0 Å². The first kappa shape index (κ1) is 18.1. The Morgan fingerprint density at radius 3 is 2.30 bits per heavy atom. The number of halogens is 4. The fraction of sp³-hybridized carbons (Fsp3) is 0.0556. The van der Waals surface area contributed by atoms with Gasteiger partial charge in [-0.25, -0.2) is 9.37 Å². The van der Waals surface area contributed by atoms with Gasteiger partial charge < -0.3 is 10.6 Å². The Hall–Kier alpha value is -3.67. The molecule has 0 saturated heterocycles. The van der Waals surface area contributed by atoms with E-state index < -0.39 is 23.4 Å². The number of rotatable bonds is 4. The highest BCUT2D eigenvalue weighted by atomic mass is 19.4. The van der Waals surface area contributed by atoms with Crippen molar-refractivity contribution in [2.24, 2.45) is 0 Å². The van der Waals surface area contributed by atoms with Crippen LogP contribution in [0.1, 0.15) is 11.1 Å². The highest BCUT2D eigenvalue weighted by molar-refractivity contribution is 5.63. The van der Waals surface area contributed by atoms with E-state index in [-0.39, 0.29) is 11.6 Å². The SMILES string of the molecule is N#Cc1ccc(Nc2ncc(C(F)(F)F)c(Nc3ccccc3F)n2)cc1. The Morgan fingerprint density at radius 2 is 1.67 bits per heavy atom. The fourth-order valence-corrected chi connectivity index (χ4v) is 2.19. The van der Waals surface area contributed by atoms with Gasteiger partial charge in [-0.1, -0.05) is 12.1 Å². The fourth-order valence-electron chi connectivity index (χ4n) is 2.19. The number of alkyl halides is 3. The molecule has 1 aromatic heterocycles. The Bertz CT molecular complexity index is 994. The van der Waals surface area contributed by atoms with E-state index in [1.54, 1.807) is 12.1 Å². The minimum atomic E-state index is -4.72. The summed E-state index contributed by atoms with van der Waals surface area (Å²) in [5.41, 5.74) is -0.372. The van der Waals surface area contributed by atoms with E-state index in [1.165, 1.54) is 30.3 Å². The lowest BCUT2D eigenvalue weighted by molar-refractivity contribution is -0.137. The third-order valence-electron chi connectivity index (χ3n) is 3.49. The number of hydrogen-bond acceptors (Lipinski definition) is 5. The van der Waals surface area contributed by atoms with Crippen LogP contribution in [0.15, 0.2) is 54.7 Å². The van der Waals surface area contributed by atoms with E-state index >= 15 is 0 Å². The average Bonchev–Trinajstić information content (AvgIpc) is 2.63. The van der Waals surface area contributed by atoms with Gasteiger partial charge >= 0.3 is 6.18 Å². The van der Waals surface area contributed by atoms with Crippen LogP contribution >= 0.6 is 0 Å². The summed E-state index contributed by atoms with van der Waals surface area (Å²) < 4.78 is 53.5. The predicted molar refractivity (Wildman–Crippen MR) is 91.2 cm³/mol. The van der Waals surface area contributed by atoms with E-state index in [0.29, 0.717) is 17.4 Å². The number of benzene rings is 2. The standard InChI is InChI=1S/C18H11F4N5/c19-14-3-1-2-4-15(14)26-16-13(18(20,21)22)10-24-17(27-16)25-12-7-5-11(9-23)6-8-12/h1-8,10H,(H2,24,25,26,27). The lowest BCUT2D eigenvalue weighted by atomic mass is 10.2. The van der Waals surface area contributed by atoms with E-state index in [2.05, 4.69) is 20.6 Å². The molecule has 1 heterocycles. The number of nitrogens with one attached hydrogen (secondary N) is 2. The predicted octanol–water partition coefficient (Wildman–Crippen LogP) is 4.99. The summed E-state index contributed by atoms with van der Waals surface area (Å²) in [5, 5.41) is 13.9. The van der Waals surface area contributed by atoms with Crippen molar-refractivity contribution in [1.82, 2.24) is 9.97 Å². The molecule has 0 aliphatic rings. The maximum atomic E-state index is 13.8. The average molecular weight is 373 g/mol. The first-order chi connectivity index (χ1) is 12.9. The summed E-state index contributed by atoms with van der Waals surface area (Å²) in [7, 11) is 0. The van der Waals surface area contributed by atoms with Crippen molar-refractivity contribution in [2.45, 2.75) is 6.18 Å². The molecular weight excluding hydrogens is 362 g/mol.